The van der Waals surface area contributed by atoms with Gasteiger partial charge in [-0.05, 0) is 25.0 Å². The smallest absolute Gasteiger partial charge is 0.220 e. The molecule has 1 aliphatic rings. The number of benzene rings is 1. The van der Waals surface area contributed by atoms with Gasteiger partial charge >= 0.3 is 0 Å². The highest BCUT2D eigenvalue weighted by atomic mass is 16.5. The molecule has 1 aliphatic heterocycles. The Labute approximate surface area is 108 Å². The van der Waals surface area contributed by atoms with Gasteiger partial charge < -0.3 is 15.8 Å². The Hall–Kier alpha value is -1.55. The Morgan fingerprint density at radius 1 is 1.56 bits per heavy atom. The SMILES string of the molecule is CC(N)CCC(=O)NCC1Cc2ccccc2O1. The summed E-state index contributed by atoms with van der Waals surface area (Å²) in [6.45, 7) is 2.47. The fourth-order valence-electron chi connectivity index (χ4n) is 2.04. The van der Waals surface area contributed by atoms with Gasteiger partial charge in [0.2, 0.25) is 5.91 Å². The minimum absolute atomic E-state index is 0.0480. The van der Waals surface area contributed by atoms with E-state index < -0.39 is 0 Å². The van der Waals surface area contributed by atoms with E-state index in [4.69, 9.17) is 10.5 Å². The van der Waals surface area contributed by atoms with Gasteiger partial charge in [-0.15, -0.1) is 0 Å². The third-order valence-electron chi connectivity index (χ3n) is 3.07. The molecule has 4 heteroatoms. The Morgan fingerprint density at radius 2 is 2.33 bits per heavy atom. The van der Waals surface area contributed by atoms with Crippen LogP contribution in [0.3, 0.4) is 0 Å². The monoisotopic (exact) mass is 248 g/mol. The Balaban J connectivity index is 1.72. The minimum Gasteiger partial charge on any atom is -0.488 e. The summed E-state index contributed by atoms with van der Waals surface area (Å²) in [5.74, 6) is 0.985. The van der Waals surface area contributed by atoms with Crippen LogP contribution in [0.4, 0.5) is 0 Å². The van der Waals surface area contributed by atoms with Crippen LogP contribution in [0.5, 0.6) is 5.75 Å². The van der Waals surface area contributed by atoms with Gasteiger partial charge in [0.05, 0.1) is 6.54 Å². The number of carbonyl (C=O) groups is 1. The fourth-order valence-corrected chi connectivity index (χ4v) is 2.04. The molecule has 0 saturated carbocycles. The zero-order valence-corrected chi connectivity index (χ0v) is 10.7. The van der Waals surface area contributed by atoms with Gasteiger partial charge in [-0.25, -0.2) is 0 Å². The van der Waals surface area contributed by atoms with Crippen LogP contribution >= 0.6 is 0 Å². The van der Waals surface area contributed by atoms with Crippen LogP contribution in [0.15, 0.2) is 24.3 Å². The molecule has 1 aromatic carbocycles. The second-order valence-electron chi connectivity index (χ2n) is 4.87. The number of nitrogens with one attached hydrogen (secondary N) is 1. The Kier molecular flexibility index (Phi) is 4.20. The summed E-state index contributed by atoms with van der Waals surface area (Å²) in [4.78, 5) is 11.6. The number of carbonyl (C=O) groups excluding carboxylic acids is 1. The number of hydrogen-bond acceptors (Lipinski definition) is 3. The predicted molar refractivity (Wildman–Crippen MR) is 70.5 cm³/mol. The fraction of sp³-hybridized carbons (Fsp3) is 0.500. The summed E-state index contributed by atoms with van der Waals surface area (Å²) in [5, 5.41) is 2.90. The number of para-hydroxylation sites is 1. The molecule has 3 N–H and O–H groups in total. The summed E-state index contributed by atoms with van der Waals surface area (Å²) in [6.07, 6.45) is 2.13. The molecule has 1 aromatic rings. The van der Waals surface area contributed by atoms with E-state index in [9.17, 15) is 4.79 Å². The highest BCUT2D eigenvalue weighted by Gasteiger charge is 2.22. The van der Waals surface area contributed by atoms with Crippen molar-refractivity contribution in [2.24, 2.45) is 5.73 Å². The summed E-state index contributed by atoms with van der Waals surface area (Å²) in [6, 6.07) is 8.07. The maximum Gasteiger partial charge on any atom is 0.220 e. The highest BCUT2D eigenvalue weighted by Crippen LogP contribution is 2.27. The largest absolute Gasteiger partial charge is 0.488 e. The van der Waals surface area contributed by atoms with Crippen molar-refractivity contribution in [3.05, 3.63) is 29.8 Å². The van der Waals surface area contributed by atoms with Crippen LogP contribution in [0.25, 0.3) is 0 Å². The normalized spacial score (nSPS) is 18.9. The molecule has 2 rings (SSSR count). The van der Waals surface area contributed by atoms with Crippen molar-refractivity contribution in [3.8, 4) is 5.75 Å². The van der Waals surface area contributed by atoms with Crippen molar-refractivity contribution in [1.82, 2.24) is 5.32 Å². The first-order chi connectivity index (χ1) is 8.65. The topological polar surface area (TPSA) is 64.4 Å². The van der Waals surface area contributed by atoms with Crippen LogP contribution < -0.4 is 15.8 Å². The van der Waals surface area contributed by atoms with E-state index in [1.807, 2.05) is 25.1 Å². The summed E-state index contributed by atoms with van der Waals surface area (Å²) in [5.41, 5.74) is 6.83. The van der Waals surface area contributed by atoms with Crippen LogP contribution in [-0.2, 0) is 11.2 Å². The molecule has 0 aromatic heterocycles. The zero-order chi connectivity index (χ0) is 13.0. The molecule has 18 heavy (non-hydrogen) atoms. The molecule has 0 fully saturated rings. The molecule has 0 bridgehead atoms. The molecule has 0 spiro atoms. The van der Waals surface area contributed by atoms with E-state index in [1.54, 1.807) is 0 Å². The van der Waals surface area contributed by atoms with Gasteiger partial charge in [0, 0.05) is 18.9 Å². The maximum absolute atomic E-state index is 11.6. The first-order valence-electron chi connectivity index (χ1n) is 6.42. The number of fused-ring (bicyclic) bond motifs is 1. The third kappa shape index (κ3) is 3.47. The molecular weight excluding hydrogens is 228 g/mol. The lowest BCUT2D eigenvalue weighted by atomic mass is 10.1. The average molecular weight is 248 g/mol. The van der Waals surface area contributed by atoms with Crippen LogP contribution in [0.2, 0.25) is 0 Å². The zero-order valence-electron chi connectivity index (χ0n) is 10.7. The van der Waals surface area contributed by atoms with Crippen molar-refractivity contribution in [3.63, 3.8) is 0 Å². The minimum atomic E-state index is 0.0480. The van der Waals surface area contributed by atoms with E-state index in [1.165, 1.54) is 5.56 Å². The second kappa shape index (κ2) is 5.87. The quantitative estimate of drug-likeness (QED) is 0.824. The number of rotatable bonds is 5. The molecule has 1 amide bonds. The van der Waals surface area contributed by atoms with Gasteiger partial charge in [-0.2, -0.15) is 0 Å². The molecule has 2 unspecified atom stereocenters. The summed E-state index contributed by atoms with van der Waals surface area (Å²) >= 11 is 0. The van der Waals surface area contributed by atoms with Gasteiger partial charge in [0.15, 0.2) is 0 Å². The molecule has 0 aliphatic carbocycles. The number of ether oxygens (including phenoxy) is 1. The predicted octanol–water partition coefficient (Wildman–Crippen LogP) is 1.23. The first-order valence-corrected chi connectivity index (χ1v) is 6.42. The molecule has 1 heterocycles. The highest BCUT2D eigenvalue weighted by molar-refractivity contribution is 5.75. The van der Waals surface area contributed by atoms with Crippen molar-refractivity contribution >= 4 is 5.91 Å². The third-order valence-corrected chi connectivity index (χ3v) is 3.07. The molecule has 98 valence electrons. The van der Waals surface area contributed by atoms with Crippen LogP contribution in [0.1, 0.15) is 25.3 Å². The standard InChI is InChI=1S/C14H20N2O2/c1-10(15)6-7-14(17)16-9-12-8-11-4-2-3-5-13(11)18-12/h2-5,10,12H,6-9,15H2,1H3,(H,16,17). The Morgan fingerprint density at radius 3 is 3.06 bits per heavy atom. The number of amides is 1. The number of nitrogens with two attached hydrogens (primary N) is 1. The van der Waals surface area contributed by atoms with E-state index in [2.05, 4.69) is 11.4 Å². The van der Waals surface area contributed by atoms with Gasteiger partial charge in [-0.1, -0.05) is 18.2 Å². The lowest BCUT2D eigenvalue weighted by Crippen LogP contribution is -2.35. The summed E-state index contributed by atoms with van der Waals surface area (Å²) in [7, 11) is 0. The summed E-state index contributed by atoms with van der Waals surface area (Å²) < 4.78 is 5.74. The van der Waals surface area contributed by atoms with E-state index >= 15 is 0 Å². The Bertz CT molecular complexity index is 393. The molecule has 4 nitrogen and oxygen atoms in total. The average Bonchev–Trinajstić information content (AvgIpc) is 2.76. The number of hydrogen-bond donors (Lipinski definition) is 2. The molecule has 0 radical (unpaired) electrons. The molecular formula is C14H20N2O2. The van der Waals surface area contributed by atoms with E-state index in [0.717, 1.165) is 18.6 Å². The molecule has 0 saturated heterocycles. The van der Waals surface area contributed by atoms with Crippen LogP contribution in [0, 0.1) is 0 Å². The maximum atomic E-state index is 11.6. The van der Waals surface area contributed by atoms with E-state index in [-0.39, 0.29) is 18.1 Å². The van der Waals surface area contributed by atoms with Crippen molar-refractivity contribution in [1.29, 1.82) is 0 Å². The first kappa shape index (κ1) is 12.9. The lowest BCUT2D eigenvalue weighted by molar-refractivity contribution is -0.121. The molecule has 2 atom stereocenters. The second-order valence-corrected chi connectivity index (χ2v) is 4.87. The van der Waals surface area contributed by atoms with Gasteiger partial charge in [-0.3, -0.25) is 4.79 Å². The lowest BCUT2D eigenvalue weighted by Gasteiger charge is -2.12. The van der Waals surface area contributed by atoms with Crippen molar-refractivity contribution in [2.75, 3.05) is 6.54 Å². The van der Waals surface area contributed by atoms with Crippen LogP contribution in [-0.4, -0.2) is 24.6 Å². The van der Waals surface area contributed by atoms with Gasteiger partial charge in [0.1, 0.15) is 11.9 Å². The van der Waals surface area contributed by atoms with Crippen molar-refractivity contribution < 1.29 is 9.53 Å². The van der Waals surface area contributed by atoms with Gasteiger partial charge in [0.25, 0.3) is 0 Å². The van der Waals surface area contributed by atoms with E-state index in [0.29, 0.717) is 13.0 Å². The van der Waals surface area contributed by atoms with Crippen molar-refractivity contribution in [2.45, 2.75) is 38.3 Å².